The van der Waals surface area contributed by atoms with E-state index in [9.17, 15) is 29.4 Å². The molecule has 0 bridgehead atoms. The Morgan fingerprint density at radius 1 is 0.750 bits per heavy atom. The first-order chi connectivity index (χ1) is 16.5. The van der Waals surface area contributed by atoms with Crippen molar-refractivity contribution < 1.29 is 49.7 Å². The molecular weight excluding hydrogens is 651 g/mol. The summed E-state index contributed by atoms with van der Waals surface area (Å²) in [5.41, 5.74) is 12.3. The number of rotatable bonds is 4. The molecule has 0 unspecified atom stereocenters. The van der Waals surface area contributed by atoms with Gasteiger partial charge in [0.25, 0.3) is 0 Å². The number of hydrogen-bond donors (Lipinski definition) is 0. The van der Waals surface area contributed by atoms with Crippen LogP contribution in [0.4, 0.5) is 11.4 Å². The first-order valence-electron chi connectivity index (χ1n) is 10.5. The average Bonchev–Trinajstić information content (AvgIpc) is 2.82. The number of carboxylic acids is 2. The van der Waals surface area contributed by atoms with Crippen molar-refractivity contribution in [2.75, 3.05) is 0 Å². The van der Waals surface area contributed by atoms with Gasteiger partial charge in [-0.2, -0.15) is 0 Å². The summed E-state index contributed by atoms with van der Waals surface area (Å²) >= 11 is 0. The normalized spacial score (nSPS) is 10.3. The summed E-state index contributed by atoms with van der Waals surface area (Å²) in [7, 11) is 0. The smallest absolute Gasteiger partial charge is 0.693 e. The molecule has 2 aromatic carbocycles. The van der Waals surface area contributed by atoms with Crippen LogP contribution in [-0.2, 0) is 30.7 Å². The predicted molar refractivity (Wildman–Crippen MR) is 126 cm³/mol. The van der Waals surface area contributed by atoms with E-state index in [1.54, 1.807) is 36.4 Å². The third-order valence-electron chi connectivity index (χ3n) is 5.27. The van der Waals surface area contributed by atoms with Crippen molar-refractivity contribution in [2.45, 2.75) is 26.7 Å². The Hall–Kier alpha value is -3.91. The molecule has 2 aromatic heterocycles. The first-order valence-corrected chi connectivity index (χ1v) is 10.5. The SMILES string of the molecule is CCC(CC)(C(=O)[O-])C(=O)[O-].[NH-]c1cc2ccccc2oc1=O.[NH-]c1cc2ccccc2oc1=O.[Pt+4]. The Morgan fingerprint density at radius 2 is 1.08 bits per heavy atom. The van der Waals surface area contributed by atoms with Crippen LogP contribution >= 0.6 is 0 Å². The van der Waals surface area contributed by atoms with E-state index in [2.05, 4.69) is 0 Å². The van der Waals surface area contributed by atoms with Crippen molar-refractivity contribution in [1.82, 2.24) is 0 Å². The maximum Gasteiger partial charge on any atom is 4.00 e. The van der Waals surface area contributed by atoms with Crippen LogP contribution in [0.1, 0.15) is 26.7 Å². The molecule has 0 atom stereocenters. The third-order valence-corrected chi connectivity index (χ3v) is 5.27. The Labute approximate surface area is 219 Å². The summed E-state index contributed by atoms with van der Waals surface area (Å²) < 4.78 is 9.70. The summed E-state index contributed by atoms with van der Waals surface area (Å²) in [6.07, 6.45) is -0.0116. The van der Waals surface area contributed by atoms with Crippen LogP contribution in [-0.4, -0.2) is 11.9 Å². The zero-order chi connectivity index (χ0) is 26.2. The molecule has 0 spiro atoms. The van der Waals surface area contributed by atoms with Gasteiger partial charge < -0.3 is 40.1 Å². The topological polar surface area (TPSA) is 188 Å². The second-order valence-electron chi connectivity index (χ2n) is 7.33. The van der Waals surface area contributed by atoms with Gasteiger partial charge in [-0.1, -0.05) is 73.8 Å². The zero-order valence-corrected chi connectivity index (χ0v) is 21.5. The van der Waals surface area contributed by atoms with Crippen LogP contribution in [0.2, 0.25) is 0 Å². The molecule has 0 radical (unpaired) electrons. The second kappa shape index (κ2) is 13.2. The summed E-state index contributed by atoms with van der Waals surface area (Å²) in [6.45, 7) is 2.96. The molecule has 0 aliphatic rings. The van der Waals surface area contributed by atoms with Crippen molar-refractivity contribution >= 4 is 45.3 Å². The van der Waals surface area contributed by atoms with Crippen LogP contribution in [0, 0.1) is 5.41 Å². The molecule has 0 aliphatic heterocycles. The van der Waals surface area contributed by atoms with E-state index in [0.717, 1.165) is 10.8 Å². The standard InChI is InChI=1S/2C9H6NO2.C7H12O4.Pt/c2*10-7-5-6-3-1-2-4-8(6)12-9(7)11;1-3-7(4-2,5(8)9)6(10)11;/h2*1-5,10H;3-4H2,1-2H3,(H,8,9)(H,10,11);/q2*-1;;+4/p-2. The fourth-order valence-corrected chi connectivity index (χ4v) is 3.03. The molecule has 0 saturated heterocycles. The molecule has 0 fully saturated rings. The Balaban J connectivity index is 0.000000267. The van der Waals surface area contributed by atoms with Gasteiger partial charge in [0.15, 0.2) is 0 Å². The number of carbonyl (C=O) groups excluding carboxylic acids is 2. The molecule has 4 aromatic rings. The molecular formula is C25H22N2O8Pt. The maximum absolute atomic E-state index is 10.9. The van der Waals surface area contributed by atoms with Crippen LogP contribution in [0.5, 0.6) is 0 Å². The van der Waals surface area contributed by atoms with Crippen molar-refractivity contribution in [3.05, 3.63) is 93.0 Å². The minimum atomic E-state index is -1.81. The number of benzene rings is 2. The third kappa shape index (κ3) is 7.05. The number of para-hydroxylation sites is 2. The number of nitrogens with one attached hydrogen (secondary N) is 2. The van der Waals surface area contributed by atoms with E-state index in [0.29, 0.717) is 11.2 Å². The predicted octanol–water partition coefficient (Wildman–Crippen LogP) is 3.24. The summed E-state index contributed by atoms with van der Waals surface area (Å²) in [5, 5.41) is 22.3. The average molecular weight is 674 g/mol. The van der Waals surface area contributed by atoms with Gasteiger partial charge in [-0.15, -0.1) is 0 Å². The van der Waals surface area contributed by atoms with Crippen molar-refractivity contribution in [1.29, 1.82) is 0 Å². The molecule has 2 heterocycles. The second-order valence-corrected chi connectivity index (χ2v) is 7.33. The number of hydrogen-bond acceptors (Lipinski definition) is 8. The monoisotopic (exact) mass is 673 g/mol. The Bertz CT molecular complexity index is 1350. The summed E-state index contributed by atoms with van der Waals surface area (Å²) in [4.78, 5) is 42.5. The van der Waals surface area contributed by atoms with Crippen molar-refractivity contribution in [3.63, 3.8) is 0 Å². The Morgan fingerprint density at radius 3 is 1.36 bits per heavy atom. The van der Waals surface area contributed by atoms with E-state index in [1.807, 2.05) is 12.1 Å². The molecule has 4 rings (SSSR count). The van der Waals surface area contributed by atoms with E-state index in [1.165, 1.54) is 26.0 Å². The minimum Gasteiger partial charge on any atom is -0.693 e. The van der Waals surface area contributed by atoms with Gasteiger partial charge in [-0.05, 0) is 25.0 Å². The summed E-state index contributed by atoms with van der Waals surface area (Å²) in [6, 6.07) is 17.3. The molecule has 36 heavy (non-hydrogen) atoms. The minimum absolute atomic E-state index is 0. The zero-order valence-electron chi connectivity index (χ0n) is 19.3. The van der Waals surface area contributed by atoms with E-state index < -0.39 is 28.6 Å². The van der Waals surface area contributed by atoms with Crippen LogP contribution in [0.3, 0.4) is 0 Å². The van der Waals surface area contributed by atoms with Crippen molar-refractivity contribution in [2.24, 2.45) is 5.41 Å². The molecule has 190 valence electrons. The van der Waals surface area contributed by atoms with Gasteiger partial charge in [0.05, 0.1) is 11.9 Å². The molecule has 0 aliphatic carbocycles. The van der Waals surface area contributed by atoms with Crippen molar-refractivity contribution in [3.8, 4) is 0 Å². The maximum atomic E-state index is 10.9. The van der Waals surface area contributed by atoms with E-state index >= 15 is 0 Å². The first kappa shape index (κ1) is 30.1. The number of fused-ring (bicyclic) bond motifs is 2. The van der Waals surface area contributed by atoms with Gasteiger partial charge in [-0.3, -0.25) is 0 Å². The molecule has 11 heteroatoms. The van der Waals surface area contributed by atoms with E-state index in [4.69, 9.17) is 20.3 Å². The molecule has 2 N–H and O–H groups in total. The van der Waals surface area contributed by atoms with Gasteiger partial charge in [0, 0.05) is 16.2 Å². The van der Waals surface area contributed by atoms with E-state index in [-0.39, 0.29) is 45.3 Å². The Kier molecular flexibility index (Phi) is 11.1. The fourth-order valence-electron chi connectivity index (χ4n) is 3.03. The number of aliphatic carboxylic acids is 2. The van der Waals surface area contributed by atoms with Gasteiger partial charge >= 0.3 is 32.3 Å². The quantitative estimate of drug-likeness (QED) is 0.233. The molecule has 0 saturated carbocycles. The van der Waals surface area contributed by atoms with Crippen LogP contribution < -0.4 is 21.5 Å². The van der Waals surface area contributed by atoms with Crippen LogP contribution in [0.15, 0.2) is 79.1 Å². The number of carbonyl (C=O) groups is 2. The van der Waals surface area contributed by atoms with Gasteiger partial charge in [0.2, 0.25) is 0 Å². The molecule has 0 amide bonds. The molecule has 10 nitrogen and oxygen atoms in total. The van der Waals surface area contributed by atoms with Gasteiger partial charge in [-0.25, -0.2) is 9.59 Å². The largest absolute Gasteiger partial charge is 4.00 e. The van der Waals surface area contributed by atoms with Crippen LogP contribution in [0.25, 0.3) is 33.4 Å². The summed E-state index contributed by atoms with van der Waals surface area (Å²) in [5.74, 6) is -3.13. The number of carboxylic acid groups (broad SMARTS) is 2. The fraction of sp³-hybridized carbons (Fsp3) is 0.200. The van der Waals surface area contributed by atoms with Gasteiger partial charge in [0.1, 0.15) is 11.2 Å².